The average molecular weight is 422 g/mol. The van der Waals surface area contributed by atoms with Crippen molar-refractivity contribution in [2.45, 2.75) is 34.1 Å². The van der Waals surface area contributed by atoms with Crippen LogP contribution in [0, 0.1) is 27.7 Å². The second-order valence-corrected chi connectivity index (χ2v) is 8.62. The first-order chi connectivity index (χ1) is 14.2. The maximum atomic E-state index is 12.6. The molecule has 0 spiro atoms. The number of carbonyl (C=O) groups is 2. The summed E-state index contributed by atoms with van der Waals surface area (Å²) in [5, 5.41) is 5.74. The summed E-state index contributed by atoms with van der Waals surface area (Å²) < 4.78 is 0. The predicted octanol–water partition coefficient (Wildman–Crippen LogP) is 4.68. The van der Waals surface area contributed by atoms with Crippen LogP contribution >= 0.6 is 11.3 Å². The summed E-state index contributed by atoms with van der Waals surface area (Å²) in [4.78, 5) is 31.1. The van der Waals surface area contributed by atoms with E-state index < -0.39 is 0 Å². The zero-order valence-electron chi connectivity index (χ0n) is 18.1. The Labute approximate surface area is 181 Å². The average Bonchev–Trinajstić information content (AvgIpc) is 3.13. The minimum Gasteiger partial charge on any atom is -0.336 e. The topological polar surface area (TPSA) is 62.3 Å². The van der Waals surface area contributed by atoms with E-state index in [9.17, 15) is 9.59 Å². The van der Waals surface area contributed by atoms with Crippen molar-refractivity contribution in [1.29, 1.82) is 0 Å². The van der Waals surface area contributed by atoms with Gasteiger partial charge in [0.15, 0.2) is 0 Å². The monoisotopic (exact) mass is 421 g/mol. The van der Waals surface area contributed by atoms with Crippen molar-refractivity contribution >= 4 is 28.8 Å². The van der Waals surface area contributed by atoms with Crippen molar-refractivity contribution in [1.82, 2.24) is 9.88 Å². The van der Waals surface area contributed by atoms with E-state index in [0.29, 0.717) is 0 Å². The molecule has 3 rings (SSSR count). The van der Waals surface area contributed by atoms with Crippen LogP contribution in [0.1, 0.15) is 27.9 Å². The van der Waals surface area contributed by atoms with Gasteiger partial charge in [0.2, 0.25) is 11.8 Å². The Morgan fingerprint density at radius 2 is 1.73 bits per heavy atom. The molecular formula is C24H27N3O2S. The summed E-state index contributed by atoms with van der Waals surface area (Å²) in [5.41, 5.74) is 6.94. The van der Waals surface area contributed by atoms with E-state index >= 15 is 0 Å². The second kappa shape index (κ2) is 9.22. The van der Waals surface area contributed by atoms with Crippen molar-refractivity contribution < 1.29 is 9.59 Å². The molecule has 1 aromatic heterocycles. The molecule has 6 heteroatoms. The minimum atomic E-state index is -0.209. The van der Waals surface area contributed by atoms with E-state index in [0.717, 1.165) is 38.6 Å². The maximum absolute atomic E-state index is 12.6. The van der Waals surface area contributed by atoms with Crippen LogP contribution in [0.25, 0.3) is 10.6 Å². The summed E-state index contributed by atoms with van der Waals surface area (Å²) in [6, 6.07) is 12.2. The van der Waals surface area contributed by atoms with E-state index in [1.807, 2.05) is 63.4 Å². The summed E-state index contributed by atoms with van der Waals surface area (Å²) in [7, 11) is 1.64. The molecule has 2 amide bonds. The summed E-state index contributed by atoms with van der Waals surface area (Å²) in [5.74, 6) is -0.344. The SMILES string of the molecule is Cc1cccc(-c2nc(CC(=O)N(C)CC(=O)Nc3c(C)cc(C)cc3C)cs2)c1. The van der Waals surface area contributed by atoms with Crippen LogP contribution < -0.4 is 5.32 Å². The minimum absolute atomic E-state index is 0.000460. The Morgan fingerprint density at radius 1 is 1.03 bits per heavy atom. The van der Waals surface area contributed by atoms with Crippen molar-refractivity contribution in [2.75, 3.05) is 18.9 Å². The maximum Gasteiger partial charge on any atom is 0.243 e. The lowest BCUT2D eigenvalue weighted by Crippen LogP contribution is -2.36. The van der Waals surface area contributed by atoms with Crippen LogP contribution in [-0.2, 0) is 16.0 Å². The van der Waals surface area contributed by atoms with Crippen molar-refractivity contribution in [3.05, 3.63) is 69.7 Å². The van der Waals surface area contributed by atoms with Gasteiger partial charge in [-0.15, -0.1) is 11.3 Å². The molecule has 0 aliphatic carbocycles. The smallest absolute Gasteiger partial charge is 0.243 e. The number of aryl methyl sites for hydroxylation is 4. The molecule has 5 nitrogen and oxygen atoms in total. The Bertz CT molecular complexity index is 1060. The van der Waals surface area contributed by atoms with Crippen molar-refractivity contribution in [3.63, 3.8) is 0 Å². The fourth-order valence-electron chi connectivity index (χ4n) is 3.45. The molecule has 1 heterocycles. The number of nitrogens with one attached hydrogen (secondary N) is 1. The van der Waals surface area contributed by atoms with Gasteiger partial charge in [0.05, 0.1) is 18.7 Å². The van der Waals surface area contributed by atoms with Gasteiger partial charge in [-0.2, -0.15) is 0 Å². The molecule has 156 valence electrons. The molecule has 0 bridgehead atoms. The van der Waals surface area contributed by atoms with Crippen LogP contribution in [-0.4, -0.2) is 35.3 Å². The molecule has 0 aliphatic heterocycles. The number of nitrogens with zero attached hydrogens (tertiary/aromatic N) is 2. The number of hydrogen-bond acceptors (Lipinski definition) is 4. The van der Waals surface area contributed by atoms with Gasteiger partial charge in [-0.3, -0.25) is 9.59 Å². The third-order valence-electron chi connectivity index (χ3n) is 4.90. The summed E-state index contributed by atoms with van der Waals surface area (Å²) in [6.45, 7) is 8.01. The molecule has 3 aromatic rings. The number of aromatic nitrogens is 1. The van der Waals surface area contributed by atoms with Crippen LogP contribution in [0.15, 0.2) is 41.8 Å². The van der Waals surface area contributed by atoms with Crippen LogP contribution in [0.5, 0.6) is 0 Å². The first-order valence-corrected chi connectivity index (χ1v) is 10.7. The molecule has 30 heavy (non-hydrogen) atoms. The van der Waals surface area contributed by atoms with Gasteiger partial charge >= 0.3 is 0 Å². The number of thiazole rings is 1. The Kier molecular flexibility index (Phi) is 6.67. The molecule has 0 fully saturated rings. The highest BCUT2D eigenvalue weighted by molar-refractivity contribution is 7.13. The first-order valence-electron chi connectivity index (χ1n) is 9.86. The highest BCUT2D eigenvalue weighted by Gasteiger charge is 2.17. The van der Waals surface area contributed by atoms with Gasteiger partial charge in [0.1, 0.15) is 5.01 Å². The van der Waals surface area contributed by atoms with E-state index in [1.54, 1.807) is 7.05 Å². The largest absolute Gasteiger partial charge is 0.336 e. The van der Waals surface area contributed by atoms with Gasteiger partial charge in [-0.1, -0.05) is 41.5 Å². The zero-order chi connectivity index (χ0) is 21.8. The van der Waals surface area contributed by atoms with E-state index in [4.69, 9.17) is 0 Å². The van der Waals surface area contributed by atoms with Gasteiger partial charge in [0, 0.05) is 23.7 Å². The van der Waals surface area contributed by atoms with Crippen LogP contribution in [0.2, 0.25) is 0 Å². The number of hydrogen-bond donors (Lipinski definition) is 1. The predicted molar refractivity (Wildman–Crippen MR) is 123 cm³/mol. The molecule has 2 aromatic carbocycles. The van der Waals surface area contributed by atoms with Crippen molar-refractivity contribution in [3.8, 4) is 10.6 Å². The molecule has 0 saturated heterocycles. The standard InChI is InChI=1S/C24H27N3O2S/c1-15-7-6-8-19(11-15)24-25-20(14-30-24)12-22(29)27(5)13-21(28)26-23-17(3)9-16(2)10-18(23)4/h6-11,14H,12-13H2,1-5H3,(H,26,28). The summed E-state index contributed by atoms with van der Waals surface area (Å²) in [6.07, 6.45) is 0.175. The van der Waals surface area contributed by atoms with Gasteiger partial charge < -0.3 is 10.2 Å². The molecule has 0 radical (unpaired) electrons. The van der Waals surface area contributed by atoms with Crippen LogP contribution in [0.4, 0.5) is 5.69 Å². The highest BCUT2D eigenvalue weighted by atomic mass is 32.1. The fourth-order valence-corrected chi connectivity index (χ4v) is 4.27. The van der Waals surface area contributed by atoms with Gasteiger partial charge in [0.25, 0.3) is 0 Å². The first kappa shape index (κ1) is 21.7. The molecule has 0 saturated carbocycles. The number of amides is 2. The van der Waals surface area contributed by atoms with Crippen LogP contribution in [0.3, 0.4) is 0 Å². The molecular weight excluding hydrogens is 394 g/mol. The third-order valence-corrected chi connectivity index (χ3v) is 5.84. The number of rotatable bonds is 6. The molecule has 0 atom stereocenters. The number of anilines is 1. The van der Waals surface area contributed by atoms with E-state index in [-0.39, 0.29) is 24.8 Å². The Hall–Kier alpha value is -2.99. The van der Waals surface area contributed by atoms with Gasteiger partial charge in [-0.25, -0.2) is 4.98 Å². The highest BCUT2D eigenvalue weighted by Crippen LogP contribution is 2.25. The lowest BCUT2D eigenvalue weighted by Gasteiger charge is -2.18. The molecule has 0 unspecified atom stereocenters. The second-order valence-electron chi connectivity index (χ2n) is 7.76. The number of benzene rings is 2. The van der Waals surface area contributed by atoms with Gasteiger partial charge in [-0.05, 0) is 44.9 Å². The Balaban J connectivity index is 1.59. The fraction of sp³-hybridized carbons (Fsp3) is 0.292. The van der Waals surface area contributed by atoms with E-state index in [1.165, 1.54) is 21.8 Å². The normalized spacial score (nSPS) is 10.7. The Morgan fingerprint density at radius 3 is 2.40 bits per heavy atom. The molecule has 0 aliphatic rings. The lowest BCUT2D eigenvalue weighted by atomic mass is 10.1. The number of carbonyl (C=O) groups excluding carboxylic acids is 2. The third kappa shape index (κ3) is 5.33. The zero-order valence-corrected chi connectivity index (χ0v) is 18.9. The lowest BCUT2D eigenvalue weighted by molar-refractivity contribution is -0.132. The van der Waals surface area contributed by atoms with Crippen molar-refractivity contribution in [2.24, 2.45) is 0 Å². The van der Waals surface area contributed by atoms with E-state index in [2.05, 4.69) is 16.4 Å². The number of likely N-dealkylation sites (N-methyl/N-ethyl adjacent to an activating group) is 1. The summed E-state index contributed by atoms with van der Waals surface area (Å²) >= 11 is 1.52. The molecule has 1 N–H and O–H groups in total. The quantitative estimate of drug-likeness (QED) is 0.628.